The van der Waals surface area contributed by atoms with Crippen molar-refractivity contribution in [2.24, 2.45) is 0 Å². The van der Waals surface area contributed by atoms with Crippen molar-refractivity contribution in [3.63, 3.8) is 0 Å². The van der Waals surface area contributed by atoms with E-state index in [0.29, 0.717) is 16.2 Å². The third kappa shape index (κ3) is 2.03. The van der Waals surface area contributed by atoms with Crippen molar-refractivity contribution in [1.82, 2.24) is 14.5 Å². The Bertz CT molecular complexity index is 871. The lowest BCUT2D eigenvalue weighted by molar-refractivity contribution is 0.101. The van der Waals surface area contributed by atoms with Crippen LogP contribution in [0, 0.1) is 0 Å². The van der Waals surface area contributed by atoms with E-state index >= 15 is 0 Å². The molecular formula is C13H8ClN3O2S. The zero-order valence-corrected chi connectivity index (χ0v) is 11.9. The minimum absolute atomic E-state index is 0.108. The number of aromatic nitrogens is 3. The predicted octanol–water partition coefficient (Wildman–Crippen LogP) is 2.70. The summed E-state index contributed by atoms with van der Waals surface area (Å²) in [4.78, 5) is 32.2. The molecule has 100 valence electrons. The summed E-state index contributed by atoms with van der Waals surface area (Å²) in [6.07, 6.45) is 3.11. The van der Waals surface area contributed by atoms with Crippen LogP contribution in [-0.2, 0) is 0 Å². The van der Waals surface area contributed by atoms with Crippen molar-refractivity contribution in [2.45, 2.75) is 6.92 Å². The minimum Gasteiger partial charge on any atom is -0.294 e. The summed E-state index contributed by atoms with van der Waals surface area (Å²) in [6.45, 7) is 1.36. The van der Waals surface area contributed by atoms with Gasteiger partial charge in [-0.2, -0.15) is 0 Å². The first-order valence-corrected chi connectivity index (χ1v) is 6.96. The van der Waals surface area contributed by atoms with Crippen LogP contribution in [0.15, 0.2) is 34.7 Å². The number of hydrogen-bond acceptors (Lipinski definition) is 5. The summed E-state index contributed by atoms with van der Waals surface area (Å²) in [7, 11) is 0. The lowest BCUT2D eigenvalue weighted by atomic mass is 10.1. The summed E-state index contributed by atoms with van der Waals surface area (Å²) in [5.74, 6) is -0.294. The molecule has 0 bridgehead atoms. The number of halogens is 1. The third-order valence-corrected chi connectivity index (χ3v) is 3.80. The fourth-order valence-corrected chi connectivity index (χ4v) is 2.67. The van der Waals surface area contributed by atoms with Gasteiger partial charge in [-0.05, 0) is 19.1 Å². The molecule has 0 N–H and O–H groups in total. The van der Waals surface area contributed by atoms with Crippen molar-refractivity contribution in [3.05, 3.63) is 50.8 Å². The van der Waals surface area contributed by atoms with Gasteiger partial charge in [0.1, 0.15) is 5.15 Å². The molecule has 3 aromatic heterocycles. The quantitative estimate of drug-likeness (QED) is 0.539. The molecule has 3 rings (SSSR count). The second-order valence-corrected chi connectivity index (χ2v) is 5.38. The van der Waals surface area contributed by atoms with Crippen molar-refractivity contribution >= 4 is 39.8 Å². The molecule has 0 aliphatic rings. The molecule has 0 radical (unpaired) electrons. The van der Waals surface area contributed by atoms with E-state index in [0.717, 1.165) is 0 Å². The second-order valence-electron chi connectivity index (χ2n) is 4.12. The number of ketones is 1. The molecule has 0 aromatic carbocycles. The van der Waals surface area contributed by atoms with Crippen LogP contribution in [0.5, 0.6) is 0 Å². The zero-order valence-electron chi connectivity index (χ0n) is 10.3. The van der Waals surface area contributed by atoms with Gasteiger partial charge in [-0.3, -0.25) is 14.2 Å². The summed E-state index contributed by atoms with van der Waals surface area (Å²) >= 11 is 7.27. The van der Waals surface area contributed by atoms with Crippen LogP contribution in [0.1, 0.15) is 17.3 Å². The van der Waals surface area contributed by atoms with Gasteiger partial charge in [-0.15, -0.1) is 11.3 Å². The molecule has 0 spiro atoms. The van der Waals surface area contributed by atoms with Gasteiger partial charge in [0.15, 0.2) is 16.6 Å². The molecule has 0 aliphatic heterocycles. The Morgan fingerprint density at radius 3 is 2.85 bits per heavy atom. The monoisotopic (exact) mass is 305 g/mol. The van der Waals surface area contributed by atoms with Crippen molar-refractivity contribution in [1.29, 1.82) is 0 Å². The Labute approximate surface area is 122 Å². The number of carbonyl (C=O) groups excluding carboxylic acids is 1. The first-order chi connectivity index (χ1) is 9.58. The van der Waals surface area contributed by atoms with Crippen molar-refractivity contribution < 1.29 is 4.79 Å². The van der Waals surface area contributed by atoms with E-state index < -0.39 is 0 Å². The van der Waals surface area contributed by atoms with Gasteiger partial charge in [-0.1, -0.05) is 11.6 Å². The van der Waals surface area contributed by atoms with Crippen LogP contribution in [0.4, 0.5) is 0 Å². The van der Waals surface area contributed by atoms with Gasteiger partial charge in [0.25, 0.3) is 0 Å². The first kappa shape index (κ1) is 13.0. The van der Waals surface area contributed by atoms with Crippen LogP contribution in [0.2, 0.25) is 5.15 Å². The largest absolute Gasteiger partial charge is 0.294 e. The summed E-state index contributed by atoms with van der Waals surface area (Å²) < 4.78 is 1.62. The molecule has 0 unspecified atom stereocenters. The standard InChI is InChI=1S/C13H8ClN3O2S/c1-7(18)9-6-17(13-15-4-5-20-13)12-8(11(9)19)2-3-10(14)16-12/h2-6H,1H3. The second kappa shape index (κ2) is 4.81. The summed E-state index contributed by atoms with van der Waals surface area (Å²) in [6, 6.07) is 3.10. The average Bonchev–Trinajstić information content (AvgIpc) is 2.92. The number of hydrogen-bond donors (Lipinski definition) is 0. The van der Waals surface area contributed by atoms with Crippen LogP contribution < -0.4 is 5.43 Å². The normalized spacial score (nSPS) is 10.9. The summed E-state index contributed by atoms with van der Waals surface area (Å²) in [5.41, 5.74) is 0.156. The maximum atomic E-state index is 12.3. The average molecular weight is 306 g/mol. The molecule has 0 saturated carbocycles. The Hall–Kier alpha value is -2.05. The van der Waals surface area contributed by atoms with Gasteiger partial charge in [-0.25, -0.2) is 9.97 Å². The molecule has 0 fully saturated rings. The highest BCUT2D eigenvalue weighted by atomic mass is 35.5. The molecule has 3 aromatic rings. The fraction of sp³-hybridized carbons (Fsp3) is 0.0769. The highest BCUT2D eigenvalue weighted by Crippen LogP contribution is 2.19. The van der Waals surface area contributed by atoms with Crippen LogP contribution in [-0.4, -0.2) is 20.3 Å². The van der Waals surface area contributed by atoms with Crippen LogP contribution in [0.25, 0.3) is 16.2 Å². The van der Waals surface area contributed by atoms with Gasteiger partial charge in [0.05, 0.1) is 10.9 Å². The van der Waals surface area contributed by atoms with E-state index in [1.165, 1.54) is 30.5 Å². The number of rotatable bonds is 2. The first-order valence-electron chi connectivity index (χ1n) is 5.70. The number of nitrogens with zero attached hydrogens (tertiary/aromatic N) is 3. The topological polar surface area (TPSA) is 64.8 Å². The van der Waals surface area contributed by atoms with E-state index in [1.807, 2.05) is 0 Å². The zero-order chi connectivity index (χ0) is 14.3. The molecule has 0 aliphatic carbocycles. The predicted molar refractivity (Wildman–Crippen MR) is 78.0 cm³/mol. The van der Waals surface area contributed by atoms with E-state index in [9.17, 15) is 9.59 Å². The smallest absolute Gasteiger partial charge is 0.201 e. The van der Waals surface area contributed by atoms with Gasteiger partial charge in [0, 0.05) is 17.8 Å². The molecule has 7 heteroatoms. The van der Waals surface area contributed by atoms with E-state index in [-0.39, 0.29) is 21.9 Å². The molecule has 5 nitrogen and oxygen atoms in total. The number of thiazole rings is 1. The Kier molecular flexibility index (Phi) is 3.11. The third-order valence-electron chi connectivity index (χ3n) is 2.82. The van der Waals surface area contributed by atoms with Gasteiger partial charge in [0.2, 0.25) is 5.43 Å². The number of fused-ring (bicyclic) bond motifs is 1. The van der Waals surface area contributed by atoms with E-state index in [1.54, 1.807) is 22.2 Å². The van der Waals surface area contributed by atoms with Crippen molar-refractivity contribution in [3.8, 4) is 5.13 Å². The molecule has 0 amide bonds. The Morgan fingerprint density at radius 2 is 2.20 bits per heavy atom. The Morgan fingerprint density at radius 1 is 1.40 bits per heavy atom. The van der Waals surface area contributed by atoms with Crippen molar-refractivity contribution in [2.75, 3.05) is 0 Å². The minimum atomic E-state index is -0.343. The fourth-order valence-electron chi connectivity index (χ4n) is 1.91. The van der Waals surface area contributed by atoms with Crippen LogP contribution in [0.3, 0.4) is 0 Å². The molecule has 3 heterocycles. The lowest BCUT2D eigenvalue weighted by Crippen LogP contribution is -2.17. The number of carbonyl (C=O) groups is 1. The number of Topliss-reactive ketones (excluding diaryl/α,β-unsaturated/α-hetero) is 1. The van der Waals surface area contributed by atoms with E-state index in [2.05, 4.69) is 9.97 Å². The molecule has 20 heavy (non-hydrogen) atoms. The number of pyridine rings is 2. The maximum absolute atomic E-state index is 12.3. The molecule has 0 atom stereocenters. The Balaban J connectivity index is 2.49. The van der Waals surface area contributed by atoms with Gasteiger partial charge >= 0.3 is 0 Å². The summed E-state index contributed by atoms with van der Waals surface area (Å²) in [5, 5.41) is 3.04. The molecule has 0 saturated heterocycles. The van der Waals surface area contributed by atoms with E-state index in [4.69, 9.17) is 11.6 Å². The highest BCUT2D eigenvalue weighted by molar-refractivity contribution is 7.12. The van der Waals surface area contributed by atoms with Gasteiger partial charge < -0.3 is 0 Å². The molecular weight excluding hydrogens is 298 g/mol. The lowest BCUT2D eigenvalue weighted by Gasteiger charge is -2.09. The highest BCUT2D eigenvalue weighted by Gasteiger charge is 2.15. The SMILES string of the molecule is CC(=O)c1cn(-c2nccs2)c2nc(Cl)ccc2c1=O. The van der Waals surface area contributed by atoms with Crippen LogP contribution >= 0.6 is 22.9 Å². The maximum Gasteiger partial charge on any atom is 0.201 e.